The lowest BCUT2D eigenvalue weighted by Gasteiger charge is -2.18. The predicted octanol–water partition coefficient (Wildman–Crippen LogP) is 3.02. The second-order valence-electron chi connectivity index (χ2n) is 6.65. The number of rotatable bonds is 7. The maximum atomic E-state index is 13.5. The molecule has 0 aliphatic heterocycles. The van der Waals surface area contributed by atoms with Gasteiger partial charge in [-0.15, -0.1) is 0 Å². The fourth-order valence-corrected chi connectivity index (χ4v) is 3.74. The maximum Gasteiger partial charge on any atom is 0.252 e. The van der Waals surface area contributed by atoms with Crippen molar-refractivity contribution in [1.82, 2.24) is 4.98 Å². The summed E-state index contributed by atoms with van der Waals surface area (Å²) in [5.74, 6) is -0.414. The monoisotopic (exact) mass is 384 g/mol. The molecule has 1 heterocycles. The molecule has 1 aromatic heterocycles. The molecule has 6 heteroatoms. The topological polar surface area (TPSA) is 37.6 Å². The van der Waals surface area contributed by atoms with Gasteiger partial charge < -0.3 is 4.90 Å². The van der Waals surface area contributed by atoms with E-state index in [0.717, 1.165) is 23.2 Å². The molecule has 0 bridgehead atoms. The lowest BCUT2D eigenvalue weighted by molar-refractivity contribution is -0.858. The summed E-state index contributed by atoms with van der Waals surface area (Å²) in [5.41, 5.74) is 1.68. The highest BCUT2D eigenvalue weighted by Gasteiger charge is 2.18. The SMILES string of the molecule is C[NH+](C)CCCN(C(=O)/C=C/c1ccccc1)c1nc2ccc(F)cc2s1. The number of benzene rings is 2. The molecule has 27 heavy (non-hydrogen) atoms. The zero-order valence-electron chi connectivity index (χ0n) is 15.5. The molecule has 1 amide bonds. The maximum absolute atomic E-state index is 13.5. The fraction of sp³-hybridized carbons (Fsp3) is 0.238. The standard InChI is InChI=1S/C21H22FN3OS/c1-24(2)13-6-14-25(20(26)12-9-16-7-4-3-5-8-16)21-23-18-11-10-17(22)15-19(18)27-21/h3-5,7-12,15H,6,13-14H2,1-2H3/p+1/b12-9+. The minimum absolute atomic E-state index is 0.118. The molecular weight excluding hydrogens is 361 g/mol. The first-order chi connectivity index (χ1) is 13.0. The third kappa shape index (κ3) is 5.21. The van der Waals surface area contributed by atoms with Crippen molar-refractivity contribution in [2.75, 3.05) is 32.1 Å². The Bertz CT molecular complexity index is 937. The molecule has 0 aliphatic carbocycles. The molecule has 0 unspecified atom stereocenters. The summed E-state index contributed by atoms with van der Waals surface area (Å²) in [6, 6.07) is 14.2. The molecule has 3 rings (SSSR count). The van der Waals surface area contributed by atoms with Crippen LogP contribution in [0.4, 0.5) is 9.52 Å². The Morgan fingerprint density at radius 2 is 2.00 bits per heavy atom. The number of quaternary nitrogens is 1. The van der Waals surface area contributed by atoms with Crippen LogP contribution < -0.4 is 9.80 Å². The van der Waals surface area contributed by atoms with Crippen LogP contribution in [0.2, 0.25) is 0 Å². The Morgan fingerprint density at radius 3 is 2.74 bits per heavy atom. The predicted molar refractivity (Wildman–Crippen MR) is 110 cm³/mol. The lowest BCUT2D eigenvalue weighted by Crippen LogP contribution is -3.05. The number of carbonyl (C=O) groups excluding carboxylic acids is 1. The van der Waals surface area contributed by atoms with E-state index in [1.165, 1.54) is 28.4 Å². The van der Waals surface area contributed by atoms with Gasteiger partial charge in [0.05, 0.1) is 30.9 Å². The number of thiazole rings is 1. The minimum Gasteiger partial charge on any atom is -0.340 e. The van der Waals surface area contributed by atoms with Gasteiger partial charge in [0.15, 0.2) is 5.13 Å². The Morgan fingerprint density at radius 1 is 1.22 bits per heavy atom. The second-order valence-corrected chi connectivity index (χ2v) is 7.66. The van der Waals surface area contributed by atoms with Crippen molar-refractivity contribution in [2.45, 2.75) is 6.42 Å². The Kier molecular flexibility index (Phi) is 6.32. The van der Waals surface area contributed by atoms with E-state index in [4.69, 9.17) is 0 Å². The number of amides is 1. The van der Waals surface area contributed by atoms with E-state index in [-0.39, 0.29) is 11.7 Å². The van der Waals surface area contributed by atoms with Gasteiger partial charge in [0.1, 0.15) is 5.82 Å². The second kappa shape index (κ2) is 8.88. The van der Waals surface area contributed by atoms with Crippen LogP contribution in [-0.2, 0) is 4.79 Å². The fourth-order valence-electron chi connectivity index (χ4n) is 2.71. The van der Waals surface area contributed by atoms with Crippen molar-refractivity contribution in [3.8, 4) is 0 Å². The molecule has 0 aliphatic rings. The van der Waals surface area contributed by atoms with Gasteiger partial charge in [-0.25, -0.2) is 9.37 Å². The third-order valence-corrected chi connectivity index (χ3v) is 5.15. The first-order valence-corrected chi connectivity index (χ1v) is 9.74. The van der Waals surface area contributed by atoms with Gasteiger partial charge in [-0.2, -0.15) is 0 Å². The summed E-state index contributed by atoms with van der Waals surface area (Å²) in [4.78, 5) is 20.4. The van der Waals surface area contributed by atoms with Crippen molar-refractivity contribution >= 4 is 38.7 Å². The largest absolute Gasteiger partial charge is 0.340 e. The summed E-state index contributed by atoms with van der Waals surface area (Å²) in [5, 5.41) is 0.604. The molecule has 0 fully saturated rings. The van der Waals surface area contributed by atoms with Crippen molar-refractivity contribution in [3.05, 3.63) is 66.0 Å². The van der Waals surface area contributed by atoms with E-state index < -0.39 is 0 Å². The molecule has 4 nitrogen and oxygen atoms in total. The molecule has 1 N–H and O–H groups in total. The normalized spacial score (nSPS) is 11.6. The number of halogens is 1. The van der Waals surface area contributed by atoms with Gasteiger partial charge in [-0.1, -0.05) is 41.7 Å². The highest BCUT2D eigenvalue weighted by atomic mass is 32.1. The van der Waals surface area contributed by atoms with Gasteiger partial charge in [0.25, 0.3) is 5.91 Å². The van der Waals surface area contributed by atoms with Crippen LogP contribution in [0.1, 0.15) is 12.0 Å². The van der Waals surface area contributed by atoms with Crippen molar-refractivity contribution in [3.63, 3.8) is 0 Å². The number of nitrogens with one attached hydrogen (secondary N) is 1. The summed E-state index contributed by atoms with van der Waals surface area (Å²) >= 11 is 1.34. The highest BCUT2D eigenvalue weighted by Crippen LogP contribution is 2.29. The summed E-state index contributed by atoms with van der Waals surface area (Å²) in [6.45, 7) is 1.52. The van der Waals surface area contributed by atoms with E-state index >= 15 is 0 Å². The zero-order valence-corrected chi connectivity index (χ0v) is 16.3. The smallest absolute Gasteiger partial charge is 0.252 e. The first-order valence-electron chi connectivity index (χ1n) is 8.92. The van der Waals surface area contributed by atoms with Crippen LogP contribution in [0, 0.1) is 5.82 Å². The first kappa shape index (κ1) is 19.2. The number of fused-ring (bicyclic) bond motifs is 1. The van der Waals surface area contributed by atoms with Crippen LogP contribution >= 0.6 is 11.3 Å². The molecule has 2 aromatic carbocycles. The van der Waals surface area contributed by atoms with E-state index in [1.54, 1.807) is 23.1 Å². The average molecular weight is 385 g/mol. The van der Waals surface area contributed by atoms with Crippen molar-refractivity contribution < 1.29 is 14.1 Å². The van der Waals surface area contributed by atoms with Crippen LogP contribution in [0.25, 0.3) is 16.3 Å². The Hall–Kier alpha value is -2.57. The Balaban J connectivity index is 1.84. The number of carbonyl (C=O) groups is 1. The zero-order chi connectivity index (χ0) is 19.2. The number of nitrogens with zero attached hydrogens (tertiary/aromatic N) is 2. The van der Waals surface area contributed by atoms with Crippen LogP contribution in [0.3, 0.4) is 0 Å². The third-order valence-electron chi connectivity index (χ3n) is 4.11. The molecule has 140 valence electrons. The molecule has 0 atom stereocenters. The molecule has 0 saturated heterocycles. The molecular formula is C21H23FN3OS+. The van der Waals surface area contributed by atoms with Crippen LogP contribution in [-0.4, -0.2) is 38.1 Å². The molecule has 0 radical (unpaired) electrons. The summed E-state index contributed by atoms with van der Waals surface area (Å²) in [7, 11) is 4.17. The molecule has 3 aromatic rings. The van der Waals surface area contributed by atoms with Gasteiger partial charge in [-0.05, 0) is 29.8 Å². The van der Waals surface area contributed by atoms with E-state index in [2.05, 4.69) is 19.1 Å². The van der Waals surface area contributed by atoms with Crippen molar-refractivity contribution in [2.24, 2.45) is 0 Å². The quantitative estimate of drug-likeness (QED) is 0.636. The number of anilines is 1. The molecule has 0 spiro atoms. The van der Waals surface area contributed by atoms with E-state index in [0.29, 0.717) is 17.2 Å². The number of aromatic nitrogens is 1. The summed E-state index contributed by atoms with van der Waals surface area (Å²) in [6.07, 6.45) is 4.24. The average Bonchev–Trinajstić information content (AvgIpc) is 3.06. The molecule has 0 saturated carbocycles. The number of hydrogen-bond acceptors (Lipinski definition) is 3. The number of hydrogen-bond donors (Lipinski definition) is 1. The van der Waals surface area contributed by atoms with Gasteiger partial charge in [-0.3, -0.25) is 9.69 Å². The summed E-state index contributed by atoms with van der Waals surface area (Å²) < 4.78 is 14.2. The Labute approximate surface area is 162 Å². The van der Waals surface area contributed by atoms with E-state index in [1.807, 2.05) is 30.3 Å². The van der Waals surface area contributed by atoms with Gasteiger partial charge in [0.2, 0.25) is 0 Å². The van der Waals surface area contributed by atoms with E-state index in [9.17, 15) is 9.18 Å². The lowest BCUT2D eigenvalue weighted by atomic mass is 10.2. The van der Waals surface area contributed by atoms with Crippen molar-refractivity contribution in [1.29, 1.82) is 0 Å². The van der Waals surface area contributed by atoms with Crippen LogP contribution in [0.5, 0.6) is 0 Å². The minimum atomic E-state index is -0.296. The van der Waals surface area contributed by atoms with Crippen LogP contribution in [0.15, 0.2) is 54.6 Å². The van der Waals surface area contributed by atoms with Gasteiger partial charge >= 0.3 is 0 Å². The highest BCUT2D eigenvalue weighted by molar-refractivity contribution is 7.22. The van der Waals surface area contributed by atoms with Gasteiger partial charge in [0, 0.05) is 19.0 Å².